The van der Waals surface area contributed by atoms with Crippen molar-refractivity contribution in [3.8, 4) is 22.3 Å². The molecule has 3 aromatic carbocycles. The molecule has 4 unspecified atom stereocenters. The molecular weight excluding hydrogens is 929 g/mol. The average Bonchev–Trinajstić information content (AvgIpc) is 4.15. The number of hydrogen-bond acceptors (Lipinski definition) is 8. The Hall–Kier alpha value is -5.60. The van der Waals surface area contributed by atoms with Gasteiger partial charge < -0.3 is 41.7 Å². The lowest BCUT2D eigenvalue weighted by atomic mass is 9.83. The monoisotopic (exact) mass is 1010 g/mol. The van der Waals surface area contributed by atoms with E-state index in [2.05, 4.69) is 92.6 Å². The number of rotatable bonds is 16. The number of benzene rings is 3. The van der Waals surface area contributed by atoms with Gasteiger partial charge in [-0.1, -0.05) is 87.1 Å². The van der Waals surface area contributed by atoms with Gasteiger partial charge in [0.05, 0.1) is 24.2 Å². The molecule has 6 N–H and O–H groups in total. The van der Waals surface area contributed by atoms with E-state index < -0.39 is 36.3 Å². The van der Waals surface area contributed by atoms with Crippen LogP contribution < -0.4 is 31.9 Å². The molecule has 2 aliphatic heterocycles. The molecule has 14 nitrogen and oxygen atoms in total. The number of likely N-dealkylation sites (tertiary alicyclic amines) is 2. The van der Waals surface area contributed by atoms with Gasteiger partial charge in [0.2, 0.25) is 35.4 Å². The molecule has 0 radical (unpaired) electrons. The van der Waals surface area contributed by atoms with Gasteiger partial charge in [-0.2, -0.15) is 0 Å². The Morgan fingerprint density at radius 1 is 0.459 bits per heavy atom. The van der Waals surface area contributed by atoms with Gasteiger partial charge >= 0.3 is 0 Å². The minimum atomic E-state index is -0.638. The molecule has 6 amide bonds. The SMILES string of the molecule is CNC(C)C(=O)NC(C(=O)N1CCC[C@@H]1C(=O)N[C@@H]1CCCc2ccc(-c3ccc(-c4ccc5c(c4)[C@H](NC(=O)[C@@H]4CCCN4C(=O)C(NC(=O)C(C)NC)C4CCCCC4)CCC5)cc3)cc21)C1CCCCC1. The second-order valence-corrected chi connectivity index (χ2v) is 22.5. The molecule has 9 rings (SSSR count). The standard InChI is InChI=1S/C60H82N8O6/c1-37(61-3)55(69)65-53(43-15-7-5-8-16-43)59(73)67-33-13-23-51(67)57(71)63-49-21-11-19-41-29-31-45(35-47(41)49)39-25-27-40(28-26-39)46-32-30-42-20-12-22-50(48(42)36-46)64-58(72)52-24-14-34-68(52)60(74)54(44-17-9-6-10-18-44)66-56(70)38(2)62-4/h25-32,35-38,43-44,49-54,61-62H,5-24,33-34H2,1-4H3,(H,63,71)(H,64,72)(H,65,69)(H,66,70)/t37?,38?,49-,50-,51-,52+,53?,54?/m1/s1. The van der Waals surface area contributed by atoms with Gasteiger partial charge in [-0.15, -0.1) is 0 Å². The number of fused-ring (bicyclic) bond motifs is 2. The van der Waals surface area contributed by atoms with Crippen LogP contribution in [0, 0.1) is 11.8 Å². The fraction of sp³-hybridized carbons (Fsp3) is 0.600. The van der Waals surface area contributed by atoms with Crippen LogP contribution in [-0.4, -0.2) is 109 Å². The molecule has 2 saturated heterocycles. The fourth-order valence-electron chi connectivity index (χ4n) is 13.1. The zero-order valence-electron chi connectivity index (χ0n) is 44.4. The van der Waals surface area contributed by atoms with Crippen LogP contribution in [0.1, 0.15) is 164 Å². The number of nitrogens with one attached hydrogen (secondary N) is 6. The van der Waals surface area contributed by atoms with Crippen LogP contribution in [0.5, 0.6) is 0 Å². The summed E-state index contributed by atoms with van der Waals surface area (Å²) in [6.45, 7) is 4.60. The highest BCUT2D eigenvalue weighted by molar-refractivity contribution is 5.95. The Morgan fingerprint density at radius 2 is 0.838 bits per heavy atom. The summed E-state index contributed by atoms with van der Waals surface area (Å²) in [7, 11) is 3.48. The third kappa shape index (κ3) is 11.9. The highest BCUT2D eigenvalue weighted by atomic mass is 16.2. The minimum Gasteiger partial charge on any atom is -0.347 e. The Bertz CT molecular complexity index is 2330. The Labute approximate surface area is 439 Å². The van der Waals surface area contributed by atoms with Crippen LogP contribution in [0.4, 0.5) is 0 Å². The van der Waals surface area contributed by atoms with E-state index in [1.165, 1.54) is 11.1 Å². The van der Waals surface area contributed by atoms with Crippen LogP contribution in [0.25, 0.3) is 22.3 Å². The lowest BCUT2D eigenvalue weighted by molar-refractivity contribution is -0.143. The summed E-state index contributed by atoms with van der Waals surface area (Å²) in [5.74, 6) is -0.773. The first-order valence-electron chi connectivity index (χ1n) is 28.5. The van der Waals surface area contributed by atoms with Crippen LogP contribution >= 0.6 is 0 Å². The molecule has 4 aliphatic carbocycles. The van der Waals surface area contributed by atoms with Crippen molar-refractivity contribution in [1.82, 2.24) is 41.7 Å². The number of carbonyl (C=O) groups excluding carboxylic acids is 6. The first-order valence-corrected chi connectivity index (χ1v) is 28.5. The lowest BCUT2D eigenvalue weighted by Gasteiger charge is -2.35. The molecule has 8 atom stereocenters. The predicted molar refractivity (Wildman–Crippen MR) is 288 cm³/mol. The second kappa shape index (κ2) is 24.4. The van der Waals surface area contributed by atoms with E-state index in [-0.39, 0.29) is 59.4 Å². The molecule has 4 fully saturated rings. The van der Waals surface area contributed by atoms with Gasteiger partial charge in [-0.05, 0) is 186 Å². The molecule has 2 saturated carbocycles. The summed E-state index contributed by atoms with van der Waals surface area (Å²) in [6.07, 6.45) is 18.1. The zero-order valence-corrected chi connectivity index (χ0v) is 44.4. The van der Waals surface area contributed by atoms with Gasteiger partial charge in [0.25, 0.3) is 0 Å². The molecule has 74 heavy (non-hydrogen) atoms. The summed E-state index contributed by atoms with van der Waals surface area (Å²) in [5, 5.41) is 19.0. The quantitative estimate of drug-likeness (QED) is 0.0863. The number of aryl methyl sites for hydroxylation is 2. The molecule has 3 aromatic rings. The number of hydrogen-bond donors (Lipinski definition) is 6. The van der Waals surface area contributed by atoms with Gasteiger partial charge in [0.1, 0.15) is 24.2 Å². The maximum absolute atomic E-state index is 14.4. The van der Waals surface area contributed by atoms with E-state index >= 15 is 0 Å². The summed E-state index contributed by atoms with van der Waals surface area (Å²) in [6, 6.07) is 18.2. The van der Waals surface area contributed by atoms with E-state index in [1.807, 2.05) is 0 Å². The number of likely N-dealkylation sites (N-methyl/N-ethyl adjacent to an activating group) is 2. The van der Waals surface area contributed by atoms with Gasteiger partial charge in [-0.25, -0.2) is 0 Å². The van der Waals surface area contributed by atoms with Gasteiger partial charge in [-0.3, -0.25) is 28.8 Å². The summed E-state index contributed by atoms with van der Waals surface area (Å²) >= 11 is 0. The smallest absolute Gasteiger partial charge is 0.246 e. The number of nitrogens with zero attached hydrogens (tertiary/aromatic N) is 2. The van der Waals surface area contributed by atoms with E-state index in [9.17, 15) is 28.8 Å². The van der Waals surface area contributed by atoms with Gasteiger partial charge in [0.15, 0.2) is 0 Å². The average molecular weight is 1010 g/mol. The molecule has 6 aliphatic rings. The third-order valence-electron chi connectivity index (χ3n) is 17.8. The largest absolute Gasteiger partial charge is 0.347 e. The molecule has 0 aromatic heterocycles. The Morgan fingerprint density at radius 3 is 1.22 bits per heavy atom. The van der Waals surface area contributed by atoms with E-state index in [1.54, 1.807) is 37.7 Å². The van der Waals surface area contributed by atoms with Crippen molar-refractivity contribution in [1.29, 1.82) is 0 Å². The van der Waals surface area contributed by atoms with Crippen LogP contribution in [0.2, 0.25) is 0 Å². The fourth-order valence-corrected chi connectivity index (χ4v) is 13.1. The molecule has 0 spiro atoms. The van der Waals surface area contributed by atoms with Crippen molar-refractivity contribution in [3.05, 3.63) is 82.9 Å². The molecule has 14 heteroatoms. The molecular formula is C60H82N8O6. The van der Waals surface area contributed by atoms with E-state index in [4.69, 9.17) is 0 Å². The molecule has 2 heterocycles. The Balaban J connectivity index is 0.863. The van der Waals surface area contributed by atoms with Gasteiger partial charge in [0, 0.05) is 13.1 Å². The maximum atomic E-state index is 14.4. The first kappa shape index (κ1) is 53.2. The van der Waals surface area contributed by atoms with Crippen molar-refractivity contribution >= 4 is 35.4 Å². The highest BCUT2D eigenvalue weighted by Crippen LogP contribution is 2.38. The minimum absolute atomic E-state index is 0.0610. The van der Waals surface area contributed by atoms with Crippen molar-refractivity contribution < 1.29 is 28.8 Å². The third-order valence-corrected chi connectivity index (χ3v) is 17.8. The second-order valence-electron chi connectivity index (χ2n) is 22.5. The van der Waals surface area contributed by atoms with Crippen molar-refractivity contribution in [3.63, 3.8) is 0 Å². The highest BCUT2D eigenvalue weighted by Gasteiger charge is 2.44. The number of carbonyl (C=O) groups is 6. The summed E-state index contributed by atoms with van der Waals surface area (Å²) in [5.41, 5.74) is 9.00. The van der Waals surface area contributed by atoms with Crippen molar-refractivity contribution in [2.24, 2.45) is 11.8 Å². The van der Waals surface area contributed by atoms with Crippen LogP contribution in [0.15, 0.2) is 60.7 Å². The van der Waals surface area contributed by atoms with Crippen LogP contribution in [-0.2, 0) is 41.6 Å². The molecule has 0 bridgehead atoms. The summed E-state index contributed by atoms with van der Waals surface area (Å²) < 4.78 is 0. The predicted octanol–water partition coefficient (Wildman–Crippen LogP) is 7.34. The van der Waals surface area contributed by atoms with E-state index in [0.29, 0.717) is 25.9 Å². The summed E-state index contributed by atoms with van der Waals surface area (Å²) in [4.78, 5) is 87.1. The van der Waals surface area contributed by atoms with Crippen LogP contribution in [0.3, 0.4) is 0 Å². The number of amides is 6. The topological polar surface area (TPSA) is 181 Å². The van der Waals surface area contributed by atoms with Crippen molar-refractivity contribution in [2.75, 3.05) is 27.2 Å². The normalized spacial score (nSPS) is 23.9. The first-order chi connectivity index (χ1) is 35.9. The maximum Gasteiger partial charge on any atom is 0.246 e. The zero-order chi connectivity index (χ0) is 51.9. The Kier molecular flexibility index (Phi) is 17.5. The van der Waals surface area contributed by atoms with E-state index in [0.717, 1.165) is 149 Å². The molecule has 398 valence electrons. The van der Waals surface area contributed by atoms with Crippen molar-refractivity contribution in [2.45, 2.75) is 191 Å². The lowest BCUT2D eigenvalue weighted by Crippen LogP contribution is -2.58.